The summed E-state index contributed by atoms with van der Waals surface area (Å²) in [5.74, 6) is -1.09. The van der Waals surface area contributed by atoms with E-state index in [9.17, 15) is 13.6 Å². The van der Waals surface area contributed by atoms with Crippen molar-refractivity contribution in [1.82, 2.24) is 19.5 Å². The maximum atomic E-state index is 13.2. The van der Waals surface area contributed by atoms with Crippen molar-refractivity contribution in [3.63, 3.8) is 0 Å². The number of H-pyrrole nitrogens is 2. The molecule has 0 radical (unpaired) electrons. The van der Waals surface area contributed by atoms with Crippen LogP contribution in [0, 0.1) is 11.6 Å². The predicted molar refractivity (Wildman–Crippen MR) is 93.9 cm³/mol. The molecule has 0 aliphatic heterocycles. The lowest BCUT2D eigenvalue weighted by Crippen LogP contribution is -2.17. The lowest BCUT2D eigenvalue weighted by molar-refractivity contribution is 0.510. The van der Waals surface area contributed by atoms with Gasteiger partial charge in [-0.25, -0.2) is 18.6 Å². The predicted octanol–water partition coefficient (Wildman–Crippen LogP) is 3.67. The van der Waals surface area contributed by atoms with E-state index in [1.165, 1.54) is 11.8 Å². The first-order valence-electron chi connectivity index (χ1n) is 7.77. The number of nitrogens with one attached hydrogen (secondary N) is 2. The van der Waals surface area contributed by atoms with E-state index < -0.39 is 11.6 Å². The highest BCUT2D eigenvalue weighted by Gasteiger charge is 2.09. The second kappa shape index (κ2) is 6.36. The van der Waals surface area contributed by atoms with Crippen molar-refractivity contribution in [1.29, 1.82) is 0 Å². The molecule has 0 saturated heterocycles. The summed E-state index contributed by atoms with van der Waals surface area (Å²) in [4.78, 5) is 22.0. The molecule has 0 saturated carbocycles. The van der Waals surface area contributed by atoms with Crippen molar-refractivity contribution in [2.75, 3.05) is 5.75 Å². The number of aromatic nitrogens is 4. The van der Waals surface area contributed by atoms with Crippen molar-refractivity contribution >= 4 is 33.8 Å². The molecule has 4 aromatic rings. The molecule has 2 N–H and O–H groups in total. The van der Waals surface area contributed by atoms with Crippen LogP contribution in [0.15, 0.2) is 46.3 Å². The molecular formula is C17H14F2N4OS. The van der Waals surface area contributed by atoms with Gasteiger partial charge in [0.25, 0.3) is 0 Å². The minimum Gasteiger partial charge on any atom is -0.333 e. The summed E-state index contributed by atoms with van der Waals surface area (Å²) in [6.07, 6.45) is 0.756. The molecule has 2 aromatic heterocycles. The molecule has 4 rings (SSSR count). The average Bonchev–Trinajstić information content (AvgIpc) is 3.12. The molecule has 5 nitrogen and oxygen atoms in total. The van der Waals surface area contributed by atoms with Gasteiger partial charge < -0.3 is 9.97 Å². The molecule has 0 bridgehead atoms. The number of hydrogen-bond acceptors (Lipinski definition) is 3. The maximum absolute atomic E-state index is 13.2. The molecule has 0 spiro atoms. The van der Waals surface area contributed by atoms with E-state index in [1.807, 2.05) is 24.3 Å². The number of hydrogen-bond donors (Lipinski definition) is 2. The normalized spacial score (nSPS) is 11.6. The van der Waals surface area contributed by atoms with Crippen molar-refractivity contribution in [3.05, 3.63) is 58.5 Å². The SMILES string of the molecule is O=c1[nH]c2ccccc2n1CCCSc1nc2cc(F)c(F)cc2[nH]1. The van der Waals surface area contributed by atoms with Crippen LogP contribution in [0.2, 0.25) is 0 Å². The van der Waals surface area contributed by atoms with E-state index >= 15 is 0 Å². The Morgan fingerprint density at radius 2 is 1.88 bits per heavy atom. The van der Waals surface area contributed by atoms with E-state index in [2.05, 4.69) is 15.0 Å². The number of nitrogens with zero attached hydrogens (tertiary/aromatic N) is 2. The lowest BCUT2D eigenvalue weighted by atomic mass is 10.3. The van der Waals surface area contributed by atoms with Crippen LogP contribution >= 0.6 is 11.8 Å². The Hall–Kier alpha value is -2.61. The van der Waals surface area contributed by atoms with E-state index in [0.29, 0.717) is 22.7 Å². The third-order valence-electron chi connectivity index (χ3n) is 3.95. The minimum atomic E-state index is -0.908. The standard InChI is InChI=1S/C17H14F2N4OS/c18-10-8-13-14(9-11(10)19)21-16(20-13)25-7-3-6-23-15-5-2-1-4-12(15)22-17(23)24/h1-2,4-5,8-9H,3,6-7H2,(H,20,21)(H,22,24). The topological polar surface area (TPSA) is 66.5 Å². The van der Waals surface area contributed by atoms with Crippen LogP contribution in [0.5, 0.6) is 0 Å². The number of benzene rings is 2. The number of rotatable bonds is 5. The highest BCUT2D eigenvalue weighted by atomic mass is 32.2. The molecule has 25 heavy (non-hydrogen) atoms. The number of fused-ring (bicyclic) bond motifs is 2. The Kier molecular flexibility index (Phi) is 4.04. The number of aryl methyl sites for hydroxylation is 1. The van der Waals surface area contributed by atoms with Gasteiger partial charge in [-0.3, -0.25) is 4.57 Å². The van der Waals surface area contributed by atoms with Crippen LogP contribution in [0.3, 0.4) is 0 Å². The first kappa shape index (κ1) is 15.9. The third kappa shape index (κ3) is 3.05. The van der Waals surface area contributed by atoms with Gasteiger partial charge in [-0.05, 0) is 18.6 Å². The number of para-hydroxylation sites is 2. The highest BCUT2D eigenvalue weighted by molar-refractivity contribution is 7.99. The van der Waals surface area contributed by atoms with Gasteiger partial charge in [0.2, 0.25) is 0 Å². The van der Waals surface area contributed by atoms with Crippen molar-refractivity contribution in [2.24, 2.45) is 0 Å². The van der Waals surface area contributed by atoms with Crippen molar-refractivity contribution in [3.8, 4) is 0 Å². The average molecular weight is 360 g/mol. The molecule has 0 fully saturated rings. The second-order valence-corrected chi connectivity index (χ2v) is 6.71. The van der Waals surface area contributed by atoms with E-state index in [-0.39, 0.29) is 5.69 Å². The molecule has 0 aliphatic rings. The summed E-state index contributed by atoms with van der Waals surface area (Å²) >= 11 is 1.45. The first-order chi connectivity index (χ1) is 12.1. The quantitative estimate of drug-likeness (QED) is 0.422. The summed E-state index contributed by atoms with van der Waals surface area (Å²) < 4.78 is 28.1. The Morgan fingerprint density at radius 1 is 1.08 bits per heavy atom. The third-order valence-corrected chi connectivity index (χ3v) is 4.91. The monoisotopic (exact) mass is 360 g/mol. The molecule has 0 amide bonds. The van der Waals surface area contributed by atoms with Crippen molar-refractivity contribution in [2.45, 2.75) is 18.1 Å². The molecule has 2 aromatic carbocycles. The van der Waals surface area contributed by atoms with Crippen LogP contribution in [-0.2, 0) is 6.54 Å². The van der Waals surface area contributed by atoms with E-state index in [0.717, 1.165) is 35.3 Å². The zero-order valence-electron chi connectivity index (χ0n) is 13.1. The fraction of sp³-hybridized carbons (Fsp3) is 0.176. The van der Waals surface area contributed by atoms with Crippen LogP contribution in [0.25, 0.3) is 22.1 Å². The summed E-state index contributed by atoms with van der Waals surface area (Å²) in [5.41, 5.74) is 2.44. The number of aromatic amines is 2. The Bertz CT molecular complexity index is 1080. The van der Waals surface area contributed by atoms with Gasteiger partial charge >= 0.3 is 5.69 Å². The van der Waals surface area contributed by atoms with E-state index in [4.69, 9.17) is 0 Å². The highest BCUT2D eigenvalue weighted by Crippen LogP contribution is 2.22. The van der Waals surface area contributed by atoms with Crippen LogP contribution < -0.4 is 5.69 Å². The largest absolute Gasteiger partial charge is 0.333 e. The Morgan fingerprint density at radius 3 is 2.76 bits per heavy atom. The Labute approximate surface area is 145 Å². The molecule has 0 unspecified atom stereocenters. The molecule has 0 atom stereocenters. The maximum Gasteiger partial charge on any atom is 0.326 e. The smallest absolute Gasteiger partial charge is 0.326 e. The molecule has 2 heterocycles. The fourth-order valence-electron chi connectivity index (χ4n) is 2.77. The molecular weight excluding hydrogens is 346 g/mol. The van der Waals surface area contributed by atoms with Crippen LogP contribution in [0.4, 0.5) is 8.78 Å². The lowest BCUT2D eigenvalue weighted by Gasteiger charge is -2.02. The zero-order chi connectivity index (χ0) is 17.4. The number of imidazole rings is 2. The molecule has 128 valence electrons. The van der Waals surface area contributed by atoms with Gasteiger partial charge in [0.1, 0.15) is 0 Å². The minimum absolute atomic E-state index is 0.124. The first-order valence-corrected chi connectivity index (χ1v) is 8.75. The number of halogens is 2. The second-order valence-electron chi connectivity index (χ2n) is 5.63. The van der Waals surface area contributed by atoms with E-state index in [1.54, 1.807) is 4.57 Å². The van der Waals surface area contributed by atoms with Gasteiger partial charge in [0, 0.05) is 24.4 Å². The van der Waals surface area contributed by atoms with Crippen LogP contribution in [-0.4, -0.2) is 25.3 Å². The van der Waals surface area contributed by atoms with Crippen molar-refractivity contribution < 1.29 is 8.78 Å². The van der Waals surface area contributed by atoms with Gasteiger partial charge in [0.15, 0.2) is 16.8 Å². The summed E-state index contributed by atoms with van der Waals surface area (Å²) in [5, 5.41) is 0.603. The fourth-order valence-corrected chi connectivity index (χ4v) is 3.58. The van der Waals surface area contributed by atoms with Gasteiger partial charge in [-0.15, -0.1) is 0 Å². The Balaban J connectivity index is 1.42. The summed E-state index contributed by atoms with van der Waals surface area (Å²) in [6, 6.07) is 9.74. The summed E-state index contributed by atoms with van der Waals surface area (Å²) in [6.45, 7) is 0.583. The molecule has 0 aliphatic carbocycles. The van der Waals surface area contributed by atoms with Gasteiger partial charge in [0.05, 0.1) is 22.1 Å². The molecule has 8 heteroatoms. The van der Waals surface area contributed by atoms with Gasteiger partial charge in [-0.1, -0.05) is 23.9 Å². The zero-order valence-corrected chi connectivity index (χ0v) is 13.9. The summed E-state index contributed by atoms with van der Waals surface area (Å²) in [7, 11) is 0. The van der Waals surface area contributed by atoms with Gasteiger partial charge in [-0.2, -0.15) is 0 Å². The number of thioether (sulfide) groups is 1. The van der Waals surface area contributed by atoms with Crippen LogP contribution in [0.1, 0.15) is 6.42 Å².